The molecule has 50 heavy (non-hydrogen) atoms. The van der Waals surface area contributed by atoms with Crippen molar-refractivity contribution in [3.05, 3.63) is 77.2 Å². The third-order valence-corrected chi connectivity index (χ3v) is 7.66. The molecule has 4 atom stereocenters. The first-order valence-corrected chi connectivity index (χ1v) is 17.4. The largest absolute Gasteiger partial charge is 0.508 e. The summed E-state index contributed by atoms with van der Waals surface area (Å²) in [6.07, 6.45) is -0.866. The molecule has 0 saturated carbocycles. The third kappa shape index (κ3) is 15.6. The Kier molecular flexibility index (Phi) is 15.9. The van der Waals surface area contributed by atoms with E-state index in [0.717, 1.165) is 17.7 Å². The molecule has 0 aliphatic carbocycles. The molecule has 0 aliphatic rings. The second-order valence-electron chi connectivity index (χ2n) is 11.7. The van der Waals surface area contributed by atoms with Crippen LogP contribution < -0.4 is 21.3 Å². The zero-order chi connectivity index (χ0) is 37.4. The highest BCUT2D eigenvalue weighted by Crippen LogP contribution is 2.13. The van der Waals surface area contributed by atoms with Crippen LogP contribution >= 0.6 is 0 Å². The number of hydrogen-bond donors (Lipinski definition) is 7. The Bertz CT molecular complexity index is 1630. The van der Waals surface area contributed by atoms with E-state index < -0.39 is 94.9 Å². The van der Waals surface area contributed by atoms with Gasteiger partial charge in [0.05, 0.1) is 12.5 Å². The molecular formula is C33H42N4O12S. The standard InChI is InChI=1S/C33H42N4O12S/c1-20(2)29(32(45)34-23(18-28(41)42)15-16-50(3,47)48)37-30(43)25(13-14-27(39)40)35-31(44)26(17-21-9-11-24(38)12-10-21)36-33(46)49-19-22-7-5-4-6-8-22/h4-12,15-16,20,23,25-26,29,38H,13-14,17-19H2,1-3H3,(H,34,45)(H,35,44)(H,36,46)(H,37,43)(H,39,40)(H,41,42)/b16-15+/t23?,25?,26?,29-/m0/s1. The molecule has 0 bridgehead atoms. The minimum atomic E-state index is -3.66. The number of rotatable bonds is 19. The number of amides is 4. The number of carbonyl (C=O) groups excluding carboxylic acids is 4. The average molecular weight is 719 g/mol. The van der Waals surface area contributed by atoms with Gasteiger partial charge >= 0.3 is 18.0 Å². The van der Waals surface area contributed by atoms with Crippen LogP contribution in [0.3, 0.4) is 0 Å². The Labute approximate surface area is 289 Å². The number of phenolic OH excluding ortho intramolecular Hbond substituents is 1. The van der Waals surface area contributed by atoms with Crippen LogP contribution in [0, 0.1) is 5.92 Å². The zero-order valence-corrected chi connectivity index (χ0v) is 28.5. The third-order valence-electron chi connectivity index (χ3n) is 7.00. The van der Waals surface area contributed by atoms with E-state index in [1.165, 1.54) is 24.3 Å². The van der Waals surface area contributed by atoms with Gasteiger partial charge in [-0.25, -0.2) is 13.2 Å². The fourth-order valence-electron chi connectivity index (χ4n) is 4.45. The highest BCUT2D eigenvalue weighted by atomic mass is 32.2. The van der Waals surface area contributed by atoms with Crippen molar-refractivity contribution >= 4 is 45.6 Å². The van der Waals surface area contributed by atoms with Crippen LogP contribution in [0.25, 0.3) is 0 Å². The molecule has 4 amide bonds. The predicted molar refractivity (Wildman–Crippen MR) is 179 cm³/mol. The highest BCUT2D eigenvalue weighted by molar-refractivity contribution is 7.93. The van der Waals surface area contributed by atoms with Crippen LogP contribution in [0.4, 0.5) is 4.79 Å². The van der Waals surface area contributed by atoms with Crippen molar-refractivity contribution in [2.75, 3.05) is 6.26 Å². The van der Waals surface area contributed by atoms with Crippen LogP contribution in [-0.2, 0) is 51.6 Å². The number of sulfone groups is 1. The first-order chi connectivity index (χ1) is 23.4. The summed E-state index contributed by atoms with van der Waals surface area (Å²) < 4.78 is 28.4. The molecule has 272 valence electrons. The quantitative estimate of drug-likeness (QED) is 0.108. The number of carboxylic acid groups (broad SMARTS) is 2. The number of aliphatic carboxylic acids is 2. The molecule has 17 heteroatoms. The van der Waals surface area contributed by atoms with Crippen molar-refractivity contribution in [1.82, 2.24) is 21.3 Å². The van der Waals surface area contributed by atoms with Crippen molar-refractivity contribution in [1.29, 1.82) is 0 Å². The second-order valence-corrected chi connectivity index (χ2v) is 13.7. The number of phenols is 1. The van der Waals surface area contributed by atoms with Crippen LogP contribution in [0.2, 0.25) is 0 Å². The number of ether oxygens (including phenoxy) is 1. The Morgan fingerprint density at radius 3 is 1.96 bits per heavy atom. The van der Waals surface area contributed by atoms with Gasteiger partial charge in [0, 0.05) is 24.5 Å². The minimum Gasteiger partial charge on any atom is -0.508 e. The van der Waals surface area contributed by atoms with Gasteiger partial charge in [-0.15, -0.1) is 0 Å². The molecule has 0 saturated heterocycles. The maximum absolute atomic E-state index is 13.6. The summed E-state index contributed by atoms with van der Waals surface area (Å²) in [5.41, 5.74) is 1.19. The number of nitrogens with one attached hydrogen (secondary N) is 4. The first-order valence-electron chi connectivity index (χ1n) is 15.4. The Morgan fingerprint density at radius 2 is 1.40 bits per heavy atom. The van der Waals surface area contributed by atoms with Crippen molar-refractivity contribution in [2.24, 2.45) is 5.92 Å². The monoisotopic (exact) mass is 718 g/mol. The number of benzene rings is 2. The molecule has 2 rings (SSSR count). The van der Waals surface area contributed by atoms with E-state index >= 15 is 0 Å². The summed E-state index contributed by atoms with van der Waals surface area (Å²) in [5.74, 6) is -5.98. The predicted octanol–water partition coefficient (Wildman–Crippen LogP) is 1.24. The minimum absolute atomic E-state index is 0.0418. The summed E-state index contributed by atoms with van der Waals surface area (Å²) in [4.78, 5) is 75.8. The lowest BCUT2D eigenvalue weighted by Gasteiger charge is -2.27. The molecule has 0 spiro atoms. The van der Waals surface area contributed by atoms with Gasteiger partial charge < -0.3 is 41.3 Å². The van der Waals surface area contributed by atoms with Gasteiger partial charge in [-0.3, -0.25) is 24.0 Å². The van der Waals surface area contributed by atoms with E-state index in [2.05, 4.69) is 21.3 Å². The SMILES string of the molecule is CC(C)[C@H](NC(=O)C(CCC(=O)O)NC(=O)C(Cc1ccc(O)cc1)NC(=O)OCc1ccccc1)C(=O)NC(/C=C/S(C)(=O)=O)CC(=O)O. The fourth-order valence-corrected chi connectivity index (χ4v) is 4.92. The molecule has 0 aliphatic heterocycles. The molecule has 0 radical (unpaired) electrons. The van der Waals surface area contributed by atoms with E-state index in [1.54, 1.807) is 44.2 Å². The van der Waals surface area contributed by atoms with Crippen molar-refractivity contribution in [3.63, 3.8) is 0 Å². The first kappa shape index (κ1) is 40.7. The van der Waals surface area contributed by atoms with Crippen LogP contribution in [0.5, 0.6) is 5.75 Å². The summed E-state index contributed by atoms with van der Waals surface area (Å²) in [7, 11) is -3.66. The number of aromatic hydroxyl groups is 1. The van der Waals surface area contributed by atoms with E-state index in [9.17, 15) is 52.5 Å². The Morgan fingerprint density at radius 1 is 0.780 bits per heavy atom. The highest BCUT2D eigenvalue weighted by Gasteiger charge is 2.32. The molecule has 0 aromatic heterocycles. The smallest absolute Gasteiger partial charge is 0.408 e. The zero-order valence-electron chi connectivity index (χ0n) is 27.7. The summed E-state index contributed by atoms with van der Waals surface area (Å²) >= 11 is 0. The van der Waals surface area contributed by atoms with Gasteiger partial charge in [0.1, 0.15) is 30.5 Å². The van der Waals surface area contributed by atoms with E-state index in [1.807, 2.05) is 0 Å². The average Bonchev–Trinajstić information content (AvgIpc) is 3.03. The van der Waals surface area contributed by atoms with Crippen LogP contribution in [0.15, 0.2) is 66.1 Å². The molecule has 2 aromatic rings. The molecular weight excluding hydrogens is 676 g/mol. The topological polar surface area (TPSA) is 255 Å². The van der Waals surface area contributed by atoms with Crippen LogP contribution in [0.1, 0.15) is 44.2 Å². The molecule has 0 heterocycles. The van der Waals surface area contributed by atoms with Gasteiger partial charge in [-0.2, -0.15) is 0 Å². The maximum atomic E-state index is 13.6. The van der Waals surface area contributed by atoms with Gasteiger partial charge in [0.2, 0.25) is 17.7 Å². The number of carbonyl (C=O) groups is 6. The number of carboxylic acids is 2. The lowest BCUT2D eigenvalue weighted by molar-refractivity contribution is -0.139. The summed E-state index contributed by atoms with van der Waals surface area (Å²) in [6, 6.07) is 9.05. The van der Waals surface area contributed by atoms with E-state index in [4.69, 9.17) is 4.74 Å². The van der Waals surface area contributed by atoms with Crippen molar-refractivity contribution in [3.8, 4) is 5.75 Å². The van der Waals surface area contributed by atoms with Gasteiger partial charge in [0.25, 0.3) is 0 Å². The number of hydrogen-bond acceptors (Lipinski definition) is 10. The fraction of sp³-hybridized carbons (Fsp3) is 0.394. The van der Waals surface area contributed by atoms with Gasteiger partial charge in [0.15, 0.2) is 9.84 Å². The molecule has 3 unspecified atom stereocenters. The molecule has 7 N–H and O–H groups in total. The second kappa shape index (κ2) is 19.5. The lowest BCUT2D eigenvalue weighted by atomic mass is 10.0. The normalized spacial score (nSPS) is 13.8. The summed E-state index contributed by atoms with van der Waals surface area (Å²) in [6.45, 7) is 3.01. The molecule has 16 nitrogen and oxygen atoms in total. The summed E-state index contributed by atoms with van der Waals surface area (Å²) in [5, 5.41) is 38.7. The van der Waals surface area contributed by atoms with Crippen LogP contribution in [-0.4, -0.2) is 89.9 Å². The molecule has 0 fully saturated rings. The maximum Gasteiger partial charge on any atom is 0.408 e. The van der Waals surface area contributed by atoms with Gasteiger partial charge in [-0.05, 0) is 35.6 Å². The van der Waals surface area contributed by atoms with E-state index in [0.29, 0.717) is 11.1 Å². The number of alkyl carbamates (subject to hydrolysis) is 1. The Balaban J connectivity index is 2.28. The van der Waals surface area contributed by atoms with Gasteiger partial charge in [-0.1, -0.05) is 62.4 Å². The van der Waals surface area contributed by atoms with Crippen molar-refractivity contribution < 1.29 is 57.2 Å². The molecule has 2 aromatic carbocycles. The van der Waals surface area contributed by atoms with Crippen molar-refractivity contribution in [2.45, 2.75) is 70.3 Å². The lowest BCUT2D eigenvalue weighted by Crippen LogP contribution is -2.58. The van der Waals surface area contributed by atoms with E-state index in [-0.39, 0.29) is 18.8 Å². The Hall–Kier alpha value is -5.45.